The fraction of sp³-hybridized carbons (Fsp3) is 0.500. The number of benzene rings is 1. The number of halogens is 2. The molecule has 1 aromatic carbocycles. The standard InChI is InChI=1S/C14H18F2N2O/c1-9-5-6-17-8-12(9)18-13(19)7-10-3-2-4-11(15)14(10)16/h2-4,9,12,17H,5-8H2,1H3,(H,18,19). The Morgan fingerprint density at radius 2 is 2.26 bits per heavy atom. The second-order valence-corrected chi connectivity index (χ2v) is 5.03. The van der Waals surface area contributed by atoms with Gasteiger partial charge in [0.15, 0.2) is 11.6 Å². The zero-order chi connectivity index (χ0) is 13.8. The van der Waals surface area contributed by atoms with Gasteiger partial charge in [0, 0.05) is 18.2 Å². The first kappa shape index (κ1) is 13.9. The Morgan fingerprint density at radius 1 is 1.47 bits per heavy atom. The van der Waals surface area contributed by atoms with Gasteiger partial charge >= 0.3 is 0 Å². The number of hydrogen-bond acceptors (Lipinski definition) is 2. The predicted octanol–water partition coefficient (Wildman–Crippen LogP) is 1.62. The number of nitrogens with one attached hydrogen (secondary N) is 2. The molecule has 0 bridgehead atoms. The molecule has 1 fully saturated rings. The highest BCUT2D eigenvalue weighted by Crippen LogP contribution is 2.14. The van der Waals surface area contributed by atoms with Gasteiger partial charge < -0.3 is 10.6 Å². The van der Waals surface area contributed by atoms with Gasteiger partial charge in [0.2, 0.25) is 5.91 Å². The summed E-state index contributed by atoms with van der Waals surface area (Å²) >= 11 is 0. The van der Waals surface area contributed by atoms with Gasteiger partial charge in [0.05, 0.1) is 6.42 Å². The second kappa shape index (κ2) is 6.10. The van der Waals surface area contributed by atoms with Crippen molar-refractivity contribution >= 4 is 5.91 Å². The SMILES string of the molecule is CC1CCNCC1NC(=O)Cc1cccc(F)c1F. The van der Waals surface area contributed by atoms with Gasteiger partial charge in [-0.3, -0.25) is 4.79 Å². The first-order chi connectivity index (χ1) is 9.08. The molecule has 5 heteroatoms. The summed E-state index contributed by atoms with van der Waals surface area (Å²) in [5.74, 6) is -1.74. The van der Waals surface area contributed by atoms with Crippen LogP contribution in [0.5, 0.6) is 0 Å². The third-order valence-electron chi connectivity index (χ3n) is 3.56. The van der Waals surface area contributed by atoms with Crippen LogP contribution in [0.4, 0.5) is 8.78 Å². The zero-order valence-corrected chi connectivity index (χ0v) is 10.9. The molecule has 0 aromatic heterocycles. The summed E-state index contributed by atoms with van der Waals surface area (Å²) in [7, 11) is 0. The van der Waals surface area contributed by atoms with Crippen LogP contribution >= 0.6 is 0 Å². The molecule has 2 atom stereocenters. The molecular formula is C14H18F2N2O. The van der Waals surface area contributed by atoms with Crippen molar-refractivity contribution < 1.29 is 13.6 Å². The van der Waals surface area contributed by atoms with Crippen molar-refractivity contribution in [3.05, 3.63) is 35.4 Å². The zero-order valence-electron chi connectivity index (χ0n) is 10.9. The Bertz CT molecular complexity index is 465. The lowest BCUT2D eigenvalue weighted by Crippen LogP contribution is -2.50. The minimum absolute atomic E-state index is 0.0536. The molecule has 104 valence electrons. The number of carbonyl (C=O) groups is 1. The molecule has 2 N–H and O–H groups in total. The van der Waals surface area contributed by atoms with E-state index in [1.54, 1.807) is 0 Å². The van der Waals surface area contributed by atoms with Crippen LogP contribution in [0.3, 0.4) is 0 Å². The Kier molecular flexibility index (Phi) is 4.47. The van der Waals surface area contributed by atoms with Crippen LogP contribution in [-0.2, 0) is 11.2 Å². The molecule has 1 saturated heterocycles. The maximum absolute atomic E-state index is 13.4. The van der Waals surface area contributed by atoms with Gasteiger partial charge in [-0.2, -0.15) is 0 Å². The average Bonchev–Trinajstić information content (AvgIpc) is 2.38. The summed E-state index contributed by atoms with van der Waals surface area (Å²) in [5, 5.41) is 6.08. The lowest BCUT2D eigenvalue weighted by atomic mass is 9.94. The minimum Gasteiger partial charge on any atom is -0.352 e. The smallest absolute Gasteiger partial charge is 0.224 e. The van der Waals surface area contributed by atoms with E-state index >= 15 is 0 Å². The summed E-state index contributed by atoms with van der Waals surface area (Å²) in [4.78, 5) is 11.9. The van der Waals surface area contributed by atoms with Gasteiger partial charge in [-0.1, -0.05) is 19.1 Å². The molecule has 0 radical (unpaired) electrons. The maximum Gasteiger partial charge on any atom is 0.224 e. The summed E-state index contributed by atoms with van der Waals surface area (Å²) < 4.78 is 26.5. The van der Waals surface area contributed by atoms with Gasteiger partial charge in [0.25, 0.3) is 0 Å². The Morgan fingerprint density at radius 3 is 3.00 bits per heavy atom. The molecule has 1 aromatic rings. The lowest BCUT2D eigenvalue weighted by molar-refractivity contribution is -0.121. The molecule has 19 heavy (non-hydrogen) atoms. The van der Waals surface area contributed by atoms with Crippen molar-refractivity contribution in [2.75, 3.05) is 13.1 Å². The summed E-state index contributed by atoms with van der Waals surface area (Å²) in [5.41, 5.74) is 0.0916. The largest absolute Gasteiger partial charge is 0.352 e. The normalized spacial score (nSPS) is 23.1. The van der Waals surface area contributed by atoms with E-state index in [-0.39, 0.29) is 23.9 Å². The van der Waals surface area contributed by atoms with Crippen LogP contribution in [-0.4, -0.2) is 25.0 Å². The van der Waals surface area contributed by atoms with Crippen molar-refractivity contribution in [1.29, 1.82) is 0 Å². The van der Waals surface area contributed by atoms with Crippen LogP contribution in [0, 0.1) is 17.6 Å². The van der Waals surface area contributed by atoms with Crippen molar-refractivity contribution in [2.24, 2.45) is 5.92 Å². The molecular weight excluding hydrogens is 250 g/mol. The monoisotopic (exact) mass is 268 g/mol. The summed E-state index contributed by atoms with van der Waals surface area (Å²) in [6.45, 7) is 3.75. The van der Waals surface area contributed by atoms with Crippen LogP contribution in [0.15, 0.2) is 18.2 Å². The van der Waals surface area contributed by atoms with Crippen molar-refractivity contribution in [2.45, 2.75) is 25.8 Å². The molecule has 0 aliphatic carbocycles. The van der Waals surface area contributed by atoms with E-state index < -0.39 is 11.6 Å². The van der Waals surface area contributed by atoms with E-state index in [0.717, 1.165) is 25.6 Å². The second-order valence-electron chi connectivity index (χ2n) is 5.03. The van der Waals surface area contributed by atoms with E-state index in [4.69, 9.17) is 0 Å². The Hall–Kier alpha value is -1.49. The first-order valence-electron chi connectivity index (χ1n) is 6.51. The molecule has 1 aliphatic heterocycles. The number of hydrogen-bond donors (Lipinski definition) is 2. The van der Waals surface area contributed by atoms with E-state index in [1.807, 2.05) is 0 Å². The molecule has 1 amide bonds. The molecule has 1 aliphatic rings. The Balaban J connectivity index is 1.95. The fourth-order valence-electron chi connectivity index (χ4n) is 2.30. The van der Waals surface area contributed by atoms with Crippen LogP contribution < -0.4 is 10.6 Å². The van der Waals surface area contributed by atoms with Crippen molar-refractivity contribution in [3.8, 4) is 0 Å². The predicted molar refractivity (Wildman–Crippen MR) is 68.6 cm³/mol. The van der Waals surface area contributed by atoms with Gasteiger partial charge in [-0.05, 0) is 24.9 Å². The number of carbonyl (C=O) groups excluding carboxylic acids is 1. The van der Waals surface area contributed by atoms with Gasteiger partial charge in [0.1, 0.15) is 0 Å². The molecule has 3 nitrogen and oxygen atoms in total. The van der Waals surface area contributed by atoms with Gasteiger partial charge in [-0.25, -0.2) is 8.78 Å². The number of piperidine rings is 1. The number of amides is 1. The van der Waals surface area contributed by atoms with E-state index in [0.29, 0.717) is 5.92 Å². The topological polar surface area (TPSA) is 41.1 Å². The highest BCUT2D eigenvalue weighted by molar-refractivity contribution is 5.79. The van der Waals surface area contributed by atoms with E-state index in [2.05, 4.69) is 17.6 Å². The first-order valence-corrected chi connectivity index (χ1v) is 6.51. The summed E-state index contributed by atoms with van der Waals surface area (Å²) in [6.07, 6.45) is 0.867. The molecule has 0 saturated carbocycles. The summed E-state index contributed by atoms with van der Waals surface area (Å²) in [6, 6.07) is 3.94. The third-order valence-corrected chi connectivity index (χ3v) is 3.56. The van der Waals surface area contributed by atoms with E-state index in [9.17, 15) is 13.6 Å². The molecule has 0 spiro atoms. The maximum atomic E-state index is 13.4. The number of rotatable bonds is 3. The van der Waals surface area contributed by atoms with E-state index in [1.165, 1.54) is 12.1 Å². The average molecular weight is 268 g/mol. The molecule has 2 unspecified atom stereocenters. The highest BCUT2D eigenvalue weighted by Gasteiger charge is 2.23. The minimum atomic E-state index is -0.938. The highest BCUT2D eigenvalue weighted by atomic mass is 19.2. The van der Waals surface area contributed by atoms with Crippen molar-refractivity contribution in [3.63, 3.8) is 0 Å². The molecule has 1 heterocycles. The third kappa shape index (κ3) is 3.50. The Labute approximate surface area is 111 Å². The molecule has 2 rings (SSSR count). The van der Waals surface area contributed by atoms with Crippen LogP contribution in [0.25, 0.3) is 0 Å². The fourth-order valence-corrected chi connectivity index (χ4v) is 2.30. The van der Waals surface area contributed by atoms with Crippen molar-refractivity contribution in [1.82, 2.24) is 10.6 Å². The van der Waals surface area contributed by atoms with Crippen LogP contribution in [0.1, 0.15) is 18.9 Å². The quantitative estimate of drug-likeness (QED) is 0.874. The van der Waals surface area contributed by atoms with Crippen LogP contribution in [0.2, 0.25) is 0 Å². The lowest BCUT2D eigenvalue weighted by Gasteiger charge is -2.30. The van der Waals surface area contributed by atoms with Gasteiger partial charge in [-0.15, -0.1) is 0 Å².